The van der Waals surface area contributed by atoms with Crippen LogP contribution in [0.3, 0.4) is 0 Å². The molecule has 202 valence electrons. The van der Waals surface area contributed by atoms with Crippen LogP contribution >= 0.6 is 12.4 Å². The fourth-order valence-corrected chi connectivity index (χ4v) is 4.40. The molecule has 1 aliphatic rings. The summed E-state index contributed by atoms with van der Waals surface area (Å²) in [5.41, 5.74) is 4.19. The molecule has 2 aromatic carbocycles. The van der Waals surface area contributed by atoms with Crippen molar-refractivity contribution in [3.63, 3.8) is 0 Å². The number of nitrogens with zero attached hydrogens (tertiary/aromatic N) is 4. The topological polar surface area (TPSA) is 133 Å². The number of aromatic nitrogens is 2. The van der Waals surface area contributed by atoms with E-state index in [9.17, 15) is 20.3 Å². The minimum absolute atomic E-state index is 0. The molecule has 2 heterocycles. The molecule has 0 saturated heterocycles. The van der Waals surface area contributed by atoms with Gasteiger partial charge in [0.2, 0.25) is 11.7 Å². The van der Waals surface area contributed by atoms with Crippen molar-refractivity contribution < 1.29 is 24.3 Å². The summed E-state index contributed by atoms with van der Waals surface area (Å²) in [5, 5.41) is 32.2. The van der Waals surface area contributed by atoms with Gasteiger partial charge in [-0.1, -0.05) is 17.3 Å². The van der Waals surface area contributed by atoms with Crippen molar-refractivity contribution in [2.24, 2.45) is 5.92 Å². The van der Waals surface area contributed by atoms with Crippen molar-refractivity contribution in [2.45, 2.75) is 45.6 Å². The molecule has 9 nitrogen and oxygen atoms in total. The van der Waals surface area contributed by atoms with Crippen molar-refractivity contribution >= 4 is 18.3 Å². The number of ether oxygens (including phenoxy) is 1. The molecule has 10 heteroatoms. The molecule has 0 fully saturated rings. The van der Waals surface area contributed by atoms with Gasteiger partial charge in [-0.05, 0) is 68.5 Å². The average molecular weight is 541 g/mol. The molecule has 0 aliphatic carbocycles. The fourth-order valence-electron chi connectivity index (χ4n) is 4.40. The first-order valence-corrected chi connectivity index (χ1v) is 12.6. The molecule has 0 unspecified atom stereocenters. The highest BCUT2D eigenvalue weighted by molar-refractivity contribution is 5.85. The molecule has 0 saturated carbocycles. The minimum atomic E-state index is -0.256. The lowest BCUT2D eigenvalue weighted by Gasteiger charge is -2.21. The molecular weight excluding hydrogens is 508 g/mol. The normalized spacial score (nSPS) is 13.0. The summed E-state index contributed by atoms with van der Waals surface area (Å²) in [6.07, 6.45) is 2.21. The summed E-state index contributed by atoms with van der Waals surface area (Å²) in [6.45, 7) is 4.82. The Hall–Kier alpha value is -3.45. The summed E-state index contributed by atoms with van der Waals surface area (Å²) < 4.78 is 11.2. The van der Waals surface area contributed by atoms with Crippen LogP contribution in [0, 0.1) is 17.2 Å². The maximum atomic E-state index is 12.7. The Morgan fingerprint density at radius 2 is 1.82 bits per heavy atom. The van der Waals surface area contributed by atoms with Gasteiger partial charge in [-0.15, -0.1) is 12.4 Å². The van der Waals surface area contributed by atoms with Crippen LogP contribution < -0.4 is 4.74 Å². The standard InChI is InChI=1S/C28H32N4O5.ClH/c1-18(2)36-25-7-6-23(14-24(25)15-29)28-30-27(31-37-28)22-5-4-20-9-11-32(12-10-21(20)13-22)26(35)8-3-19(16-33)17-34;/h4-7,13-14,18-19,33-34H,3,8-12,16-17H2,1-2H3;1H. The highest BCUT2D eigenvalue weighted by Crippen LogP contribution is 2.29. The molecule has 1 aromatic heterocycles. The van der Waals surface area contributed by atoms with Gasteiger partial charge in [0, 0.05) is 49.8 Å². The van der Waals surface area contributed by atoms with E-state index in [2.05, 4.69) is 16.2 Å². The lowest BCUT2D eigenvalue weighted by molar-refractivity contribution is -0.131. The second-order valence-corrected chi connectivity index (χ2v) is 9.55. The number of hydrogen-bond donors (Lipinski definition) is 2. The van der Waals surface area contributed by atoms with E-state index in [0.717, 1.165) is 17.5 Å². The Morgan fingerprint density at radius 1 is 1.11 bits per heavy atom. The maximum Gasteiger partial charge on any atom is 0.258 e. The number of halogens is 1. The first kappa shape index (κ1) is 29.1. The van der Waals surface area contributed by atoms with E-state index >= 15 is 0 Å². The molecule has 38 heavy (non-hydrogen) atoms. The van der Waals surface area contributed by atoms with Crippen LogP contribution in [-0.4, -0.2) is 63.6 Å². The van der Waals surface area contributed by atoms with E-state index in [1.807, 2.05) is 36.9 Å². The lowest BCUT2D eigenvalue weighted by atomic mass is 10.00. The van der Waals surface area contributed by atoms with Gasteiger partial charge in [0.1, 0.15) is 11.8 Å². The average Bonchev–Trinajstić information content (AvgIpc) is 3.30. The zero-order valence-electron chi connectivity index (χ0n) is 21.6. The molecule has 0 spiro atoms. The van der Waals surface area contributed by atoms with Crippen LogP contribution in [0.25, 0.3) is 22.8 Å². The summed E-state index contributed by atoms with van der Waals surface area (Å²) >= 11 is 0. The van der Waals surface area contributed by atoms with Gasteiger partial charge in [0.25, 0.3) is 5.89 Å². The number of benzene rings is 2. The van der Waals surface area contributed by atoms with Crippen molar-refractivity contribution in [3.8, 4) is 34.7 Å². The van der Waals surface area contributed by atoms with E-state index in [1.54, 1.807) is 18.2 Å². The number of aliphatic hydroxyl groups excluding tert-OH is 2. The highest BCUT2D eigenvalue weighted by Gasteiger charge is 2.21. The smallest absolute Gasteiger partial charge is 0.258 e. The number of hydrogen-bond acceptors (Lipinski definition) is 8. The zero-order valence-corrected chi connectivity index (χ0v) is 22.4. The quantitative estimate of drug-likeness (QED) is 0.419. The fraction of sp³-hybridized carbons (Fsp3) is 0.429. The number of carbonyl (C=O) groups is 1. The number of carbonyl (C=O) groups excluding carboxylic acids is 1. The largest absolute Gasteiger partial charge is 0.490 e. The van der Waals surface area contributed by atoms with Gasteiger partial charge in [-0.25, -0.2) is 0 Å². The van der Waals surface area contributed by atoms with E-state index in [4.69, 9.17) is 9.26 Å². The summed E-state index contributed by atoms with van der Waals surface area (Å²) in [6, 6.07) is 13.4. The van der Waals surface area contributed by atoms with Crippen molar-refractivity contribution in [1.29, 1.82) is 5.26 Å². The van der Waals surface area contributed by atoms with Crippen LogP contribution in [0.15, 0.2) is 40.9 Å². The first-order chi connectivity index (χ1) is 17.9. The van der Waals surface area contributed by atoms with Gasteiger partial charge < -0.3 is 24.4 Å². The third-order valence-corrected chi connectivity index (χ3v) is 6.54. The van der Waals surface area contributed by atoms with E-state index in [-0.39, 0.29) is 43.5 Å². The zero-order chi connectivity index (χ0) is 26.4. The van der Waals surface area contributed by atoms with E-state index in [1.165, 1.54) is 5.56 Å². The monoisotopic (exact) mass is 540 g/mol. The summed E-state index contributed by atoms with van der Waals surface area (Å²) in [7, 11) is 0. The van der Waals surface area contributed by atoms with Crippen LogP contribution in [0.4, 0.5) is 0 Å². The predicted octanol–water partition coefficient (Wildman–Crippen LogP) is 3.79. The predicted molar refractivity (Wildman–Crippen MR) is 144 cm³/mol. The van der Waals surface area contributed by atoms with E-state index in [0.29, 0.717) is 60.9 Å². The third-order valence-electron chi connectivity index (χ3n) is 6.54. The molecule has 0 bridgehead atoms. The van der Waals surface area contributed by atoms with Crippen molar-refractivity contribution in [2.75, 3.05) is 26.3 Å². The molecule has 0 radical (unpaired) electrons. The SMILES string of the molecule is CC(C)Oc1ccc(-c2nc(-c3ccc4c(c3)CCN(C(=O)CCC(CO)CO)CC4)no2)cc1C#N.Cl. The summed E-state index contributed by atoms with van der Waals surface area (Å²) in [5.74, 6) is 1.08. The van der Waals surface area contributed by atoms with Crippen LogP contribution in [0.2, 0.25) is 0 Å². The van der Waals surface area contributed by atoms with Crippen LogP contribution in [0.5, 0.6) is 5.75 Å². The molecule has 2 N–H and O–H groups in total. The number of amides is 1. The molecule has 1 amide bonds. The minimum Gasteiger partial charge on any atom is -0.490 e. The van der Waals surface area contributed by atoms with Crippen molar-refractivity contribution in [3.05, 3.63) is 53.1 Å². The second kappa shape index (κ2) is 13.4. The lowest BCUT2D eigenvalue weighted by Crippen LogP contribution is -2.33. The van der Waals surface area contributed by atoms with Crippen molar-refractivity contribution in [1.82, 2.24) is 15.0 Å². The molecule has 4 rings (SSSR count). The summed E-state index contributed by atoms with van der Waals surface area (Å²) in [4.78, 5) is 19.1. The second-order valence-electron chi connectivity index (χ2n) is 9.55. The van der Waals surface area contributed by atoms with Crippen LogP contribution in [-0.2, 0) is 17.6 Å². The first-order valence-electron chi connectivity index (χ1n) is 12.6. The van der Waals surface area contributed by atoms with Gasteiger partial charge in [-0.2, -0.15) is 10.2 Å². The van der Waals surface area contributed by atoms with Crippen LogP contribution in [0.1, 0.15) is 43.4 Å². The molecule has 3 aromatic rings. The van der Waals surface area contributed by atoms with E-state index < -0.39 is 0 Å². The number of fused-ring (bicyclic) bond motifs is 1. The Bertz CT molecular complexity index is 1280. The Balaban J connectivity index is 0.00000400. The third kappa shape index (κ3) is 6.90. The number of rotatable bonds is 9. The Labute approximate surface area is 228 Å². The Morgan fingerprint density at radius 3 is 2.50 bits per heavy atom. The molecule has 1 aliphatic heterocycles. The molecule has 0 atom stereocenters. The van der Waals surface area contributed by atoms with Gasteiger partial charge in [0.15, 0.2) is 0 Å². The highest BCUT2D eigenvalue weighted by atomic mass is 35.5. The Kier molecular flexibility index (Phi) is 10.2. The number of nitriles is 1. The number of aliphatic hydroxyl groups is 2. The van der Waals surface area contributed by atoms with Gasteiger partial charge in [-0.3, -0.25) is 4.79 Å². The van der Waals surface area contributed by atoms with Gasteiger partial charge >= 0.3 is 0 Å². The van der Waals surface area contributed by atoms with Gasteiger partial charge in [0.05, 0.1) is 11.7 Å². The molecular formula is C28H33ClN4O5. The maximum absolute atomic E-state index is 12.7.